The fraction of sp³-hybridized carbons (Fsp3) is 0.111. The molecule has 0 aliphatic carbocycles. The number of halogens is 1. The van der Waals surface area contributed by atoms with E-state index in [1.807, 2.05) is 6.92 Å². The molecule has 4 nitrogen and oxygen atoms in total. The van der Waals surface area contributed by atoms with Crippen molar-refractivity contribution in [2.75, 3.05) is 11.5 Å². The first-order chi connectivity index (χ1) is 7.08. The minimum Gasteiger partial charge on any atom is -0.396 e. The summed E-state index contributed by atoms with van der Waals surface area (Å²) in [6.45, 7) is 1.90. The Balaban J connectivity index is 2.54. The predicted octanol–water partition coefficient (Wildman–Crippen LogP) is 2.33. The van der Waals surface area contributed by atoms with Gasteiger partial charge in [0.25, 0.3) is 0 Å². The van der Waals surface area contributed by atoms with Crippen LogP contribution in [0.3, 0.4) is 0 Å². The van der Waals surface area contributed by atoms with Crippen LogP contribution in [-0.4, -0.2) is 9.97 Å². The van der Waals surface area contributed by atoms with Crippen molar-refractivity contribution >= 4 is 33.8 Å². The molecule has 0 bridgehead atoms. The van der Waals surface area contributed by atoms with Crippen LogP contribution in [0.25, 0.3) is 10.4 Å². The fourth-order valence-electron chi connectivity index (χ4n) is 1.27. The average molecular weight is 241 g/mol. The van der Waals surface area contributed by atoms with Gasteiger partial charge in [0.15, 0.2) is 10.3 Å². The van der Waals surface area contributed by atoms with Gasteiger partial charge in [-0.05, 0) is 13.0 Å². The van der Waals surface area contributed by atoms with Crippen molar-refractivity contribution in [3.05, 3.63) is 23.1 Å². The van der Waals surface area contributed by atoms with Gasteiger partial charge < -0.3 is 11.5 Å². The maximum absolute atomic E-state index is 5.74. The number of aromatic nitrogens is 2. The monoisotopic (exact) mass is 240 g/mol. The molecule has 0 saturated heterocycles. The van der Waals surface area contributed by atoms with E-state index in [-0.39, 0.29) is 0 Å². The molecule has 78 valence electrons. The molecule has 0 amide bonds. The van der Waals surface area contributed by atoms with Crippen LogP contribution in [0.2, 0.25) is 5.15 Å². The Morgan fingerprint density at radius 2 is 2.13 bits per heavy atom. The van der Waals surface area contributed by atoms with E-state index in [9.17, 15) is 0 Å². The molecule has 0 atom stereocenters. The third kappa shape index (κ3) is 1.88. The lowest BCUT2D eigenvalue weighted by Crippen LogP contribution is -1.90. The van der Waals surface area contributed by atoms with Crippen LogP contribution in [0.1, 0.15) is 5.69 Å². The number of hydrogen-bond acceptors (Lipinski definition) is 5. The lowest BCUT2D eigenvalue weighted by atomic mass is 10.2. The molecule has 0 aliphatic heterocycles. The number of aryl methyl sites for hydroxylation is 1. The molecule has 0 aliphatic rings. The minimum absolute atomic E-state index is 0.314. The summed E-state index contributed by atoms with van der Waals surface area (Å²) < 4.78 is 0. The summed E-state index contributed by atoms with van der Waals surface area (Å²) >= 11 is 7.15. The molecule has 4 N–H and O–H groups in total. The van der Waals surface area contributed by atoms with E-state index >= 15 is 0 Å². The number of hydrogen-bond donors (Lipinski definition) is 2. The summed E-state index contributed by atoms with van der Waals surface area (Å²) in [7, 11) is 0. The maximum Gasteiger partial charge on any atom is 0.180 e. The molecule has 2 rings (SSSR count). The molecule has 0 radical (unpaired) electrons. The highest BCUT2D eigenvalue weighted by atomic mass is 35.5. The molecule has 0 spiro atoms. The molecule has 2 heterocycles. The number of nitrogens with two attached hydrogens (primary N) is 2. The molecule has 2 aromatic rings. The Morgan fingerprint density at radius 1 is 1.40 bits per heavy atom. The lowest BCUT2D eigenvalue weighted by molar-refractivity contribution is 1.26. The highest BCUT2D eigenvalue weighted by Crippen LogP contribution is 2.32. The molecule has 0 saturated carbocycles. The van der Waals surface area contributed by atoms with Crippen LogP contribution >= 0.6 is 22.9 Å². The van der Waals surface area contributed by atoms with Gasteiger partial charge in [0, 0.05) is 11.8 Å². The molecule has 6 heteroatoms. The lowest BCUT2D eigenvalue weighted by Gasteiger charge is -2.01. The Bertz CT molecular complexity index is 509. The number of anilines is 2. The third-order valence-electron chi connectivity index (χ3n) is 1.94. The van der Waals surface area contributed by atoms with Crippen molar-refractivity contribution in [3.8, 4) is 10.4 Å². The summed E-state index contributed by atoms with van der Waals surface area (Å²) in [5, 5.41) is 0.852. The van der Waals surface area contributed by atoms with Crippen LogP contribution in [0.15, 0.2) is 12.3 Å². The summed E-state index contributed by atoms with van der Waals surface area (Å²) in [6.07, 6.45) is 1.67. The standard InChI is InChI=1S/C9H9ClN4S/c1-4-7(15-9(12)14-4)5-2-6(11)8(10)13-3-5/h2-3H,11H2,1H3,(H2,12,14). The van der Waals surface area contributed by atoms with Gasteiger partial charge in [-0.2, -0.15) is 0 Å². The molecule has 0 aromatic carbocycles. The van der Waals surface area contributed by atoms with E-state index < -0.39 is 0 Å². The Kier molecular flexibility index (Phi) is 2.50. The number of pyridine rings is 1. The number of nitrogens with zero attached hydrogens (tertiary/aromatic N) is 2. The molecule has 0 unspecified atom stereocenters. The average Bonchev–Trinajstić information content (AvgIpc) is 2.50. The van der Waals surface area contributed by atoms with Crippen molar-refractivity contribution in [2.45, 2.75) is 6.92 Å². The Morgan fingerprint density at radius 3 is 2.67 bits per heavy atom. The topological polar surface area (TPSA) is 77.8 Å². The normalized spacial score (nSPS) is 10.5. The zero-order valence-corrected chi connectivity index (χ0v) is 9.56. The number of thiazole rings is 1. The van der Waals surface area contributed by atoms with Gasteiger partial charge in [-0.1, -0.05) is 22.9 Å². The molecule has 15 heavy (non-hydrogen) atoms. The SMILES string of the molecule is Cc1nc(N)sc1-c1cnc(Cl)c(N)c1. The fourth-order valence-corrected chi connectivity index (χ4v) is 2.19. The van der Waals surface area contributed by atoms with E-state index in [2.05, 4.69) is 9.97 Å². The van der Waals surface area contributed by atoms with Crippen LogP contribution in [0.5, 0.6) is 0 Å². The second kappa shape index (κ2) is 3.67. The van der Waals surface area contributed by atoms with Crippen molar-refractivity contribution < 1.29 is 0 Å². The van der Waals surface area contributed by atoms with Crippen LogP contribution in [0, 0.1) is 6.92 Å². The quantitative estimate of drug-likeness (QED) is 0.750. The number of rotatable bonds is 1. The second-order valence-corrected chi connectivity index (χ2v) is 4.46. The molecule has 2 aromatic heterocycles. The molecular formula is C9H9ClN4S. The summed E-state index contributed by atoms with van der Waals surface area (Å²) in [5.74, 6) is 0. The predicted molar refractivity (Wildman–Crippen MR) is 63.9 cm³/mol. The van der Waals surface area contributed by atoms with Gasteiger partial charge >= 0.3 is 0 Å². The first-order valence-corrected chi connectivity index (χ1v) is 5.41. The van der Waals surface area contributed by atoms with Crippen molar-refractivity contribution in [2.24, 2.45) is 0 Å². The van der Waals surface area contributed by atoms with E-state index in [1.54, 1.807) is 12.3 Å². The largest absolute Gasteiger partial charge is 0.396 e. The smallest absolute Gasteiger partial charge is 0.180 e. The van der Waals surface area contributed by atoms with Gasteiger partial charge in [-0.3, -0.25) is 0 Å². The maximum atomic E-state index is 5.74. The van der Waals surface area contributed by atoms with Crippen molar-refractivity contribution in [1.82, 2.24) is 9.97 Å². The summed E-state index contributed by atoms with van der Waals surface area (Å²) in [5.41, 5.74) is 13.5. The van der Waals surface area contributed by atoms with E-state index in [1.165, 1.54) is 11.3 Å². The van der Waals surface area contributed by atoms with Gasteiger partial charge in [-0.25, -0.2) is 9.97 Å². The van der Waals surface area contributed by atoms with E-state index in [0.717, 1.165) is 16.1 Å². The first-order valence-electron chi connectivity index (χ1n) is 4.22. The highest BCUT2D eigenvalue weighted by Gasteiger charge is 2.09. The van der Waals surface area contributed by atoms with Crippen molar-refractivity contribution in [3.63, 3.8) is 0 Å². The summed E-state index contributed by atoms with van der Waals surface area (Å²) in [6, 6.07) is 1.77. The van der Waals surface area contributed by atoms with Crippen LogP contribution < -0.4 is 11.5 Å². The van der Waals surface area contributed by atoms with Crippen LogP contribution in [0.4, 0.5) is 10.8 Å². The van der Waals surface area contributed by atoms with Gasteiger partial charge in [0.05, 0.1) is 16.3 Å². The minimum atomic E-state index is 0.314. The third-order valence-corrected chi connectivity index (χ3v) is 3.29. The zero-order chi connectivity index (χ0) is 11.0. The zero-order valence-electron chi connectivity index (χ0n) is 7.99. The highest BCUT2D eigenvalue weighted by molar-refractivity contribution is 7.18. The number of nitrogen functional groups attached to an aromatic ring is 2. The molecule has 0 fully saturated rings. The van der Waals surface area contributed by atoms with Gasteiger partial charge in [0.1, 0.15) is 0 Å². The second-order valence-electron chi connectivity index (χ2n) is 3.07. The van der Waals surface area contributed by atoms with E-state index in [4.69, 9.17) is 23.1 Å². The Labute approximate surface area is 95.9 Å². The van der Waals surface area contributed by atoms with Gasteiger partial charge in [-0.15, -0.1) is 0 Å². The van der Waals surface area contributed by atoms with Gasteiger partial charge in [0.2, 0.25) is 0 Å². The summed E-state index contributed by atoms with van der Waals surface area (Å²) in [4.78, 5) is 9.09. The van der Waals surface area contributed by atoms with Crippen molar-refractivity contribution in [1.29, 1.82) is 0 Å². The van der Waals surface area contributed by atoms with Crippen LogP contribution in [-0.2, 0) is 0 Å². The first kappa shape index (κ1) is 10.2. The Hall–Kier alpha value is -1.33. The molecular weight excluding hydrogens is 232 g/mol. The van der Waals surface area contributed by atoms with E-state index in [0.29, 0.717) is 16.0 Å².